The van der Waals surface area contributed by atoms with Crippen LogP contribution >= 0.6 is 11.8 Å². The predicted octanol–water partition coefficient (Wildman–Crippen LogP) is 1.40. The Kier molecular flexibility index (Phi) is 4.15. The van der Waals surface area contributed by atoms with Crippen molar-refractivity contribution in [3.05, 3.63) is 35.9 Å². The van der Waals surface area contributed by atoms with Crippen LogP contribution in [-0.2, 0) is 16.1 Å². The molecule has 2 atom stereocenters. The first-order chi connectivity index (χ1) is 8.70. The van der Waals surface area contributed by atoms with Crippen LogP contribution in [0.15, 0.2) is 35.3 Å². The zero-order chi connectivity index (χ0) is 13.0. The zero-order valence-electron chi connectivity index (χ0n) is 10.00. The summed E-state index contributed by atoms with van der Waals surface area (Å²) in [5.41, 5.74) is 1.05. The van der Waals surface area contributed by atoms with Crippen LogP contribution in [0.4, 0.5) is 0 Å². The van der Waals surface area contributed by atoms with Gasteiger partial charge in [-0.1, -0.05) is 42.1 Å². The van der Waals surface area contributed by atoms with Gasteiger partial charge < -0.3 is 5.32 Å². The molecule has 2 unspecified atom stereocenters. The monoisotopic (exact) mass is 262 g/mol. The lowest BCUT2D eigenvalue weighted by molar-refractivity contribution is -0.120. The maximum atomic E-state index is 12.0. The van der Waals surface area contributed by atoms with Gasteiger partial charge in [-0.15, -0.1) is 0 Å². The van der Waals surface area contributed by atoms with Crippen molar-refractivity contribution in [3.63, 3.8) is 0 Å². The molecule has 5 heteroatoms. The number of carbonyl (C=O) groups excluding carboxylic acids is 2. The van der Waals surface area contributed by atoms with Crippen LogP contribution in [0.25, 0.3) is 0 Å². The van der Waals surface area contributed by atoms with E-state index >= 15 is 0 Å². The quantitative estimate of drug-likeness (QED) is 0.835. The molecule has 1 aliphatic heterocycles. The minimum absolute atomic E-state index is 0.0723. The lowest BCUT2D eigenvalue weighted by Crippen LogP contribution is -2.36. The molecule has 1 heterocycles. The van der Waals surface area contributed by atoms with E-state index in [1.807, 2.05) is 37.3 Å². The maximum Gasteiger partial charge on any atom is 0.236 e. The second-order valence-corrected chi connectivity index (χ2v) is 5.23. The summed E-state index contributed by atoms with van der Waals surface area (Å²) >= 11 is 1.23. The molecule has 1 aromatic rings. The van der Waals surface area contributed by atoms with Gasteiger partial charge in [0.1, 0.15) is 10.3 Å². The van der Waals surface area contributed by atoms with Crippen molar-refractivity contribution >= 4 is 29.0 Å². The number of hydrogen-bond donors (Lipinski definition) is 1. The normalized spacial score (nSPS) is 22.4. The molecule has 1 N–H and O–H groups in total. The highest BCUT2D eigenvalue weighted by Crippen LogP contribution is 2.26. The summed E-state index contributed by atoms with van der Waals surface area (Å²) in [6.45, 7) is 2.34. The third kappa shape index (κ3) is 2.98. The molecule has 0 fully saturated rings. The summed E-state index contributed by atoms with van der Waals surface area (Å²) in [6, 6.07) is 9.57. The lowest BCUT2D eigenvalue weighted by atomic mass is 10.2. The summed E-state index contributed by atoms with van der Waals surface area (Å²) in [5, 5.41) is 2.97. The molecular formula is C13H14N2O2S. The molecule has 94 valence electrons. The number of carbonyl (C=O) groups is 2. The van der Waals surface area contributed by atoms with Crippen molar-refractivity contribution in [1.29, 1.82) is 0 Å². The third-order valence-corrected chi connectivity index (χ3v) is 3.99. The molecule has 0 spiro atoms. The number of rotatable bonds is 4. The lowest BCUT2D eigenvalue weighted by Gasteiger charge is -2.13. The van der Waals surface area contributed by atoms with Gasteiger partial charge in [0.15, 0.2) is 6.29 Å². The van der Waals surface area contributed by atoms with Gasteiger partial charge in [-0.05, 0) is 12.5 Å². The predicted molar refractivity (Wildman–Crippen MR) is 72.6 cm³/mol. The van der Waals surface area contributed by atoms with E-state index in [4.69, 9.17) is 0 Å². The summed E-state index contributed by atoms with van der Waals surface area (Å²) in [5.74, 6) is -0.0723. The van der Waals surface area contributed by atoms with E-state index < -0.39 is 0 Å². The van der Waals surface area contributed by atoms with Gasteiger partial charge in [0.05, 0.1) is 6.04 Å². The third-order valence-electron chi connectivity index (χ3n) is 2.69. The summed E-state index contributed by atoms with van der Waals surface area (Å²) in [7, 11) is 0. The van der Waals surface area contributed by atoms with Crippen molar-refractivity contribution in [2.24, 2.45) is 4.99 Å². The molecule has 1 amide bonds. The summed E-state index contributed by atoms with van der Waals surface area (Å²) < 4.78 is 0. The second-order valence-electron chi connectivity index (χ2n) is 4.07. The molecule has 1 aromatic carbocycles. The van der Waals surface area contributed by atoms with Gasteiger partial charge in [0.2, 0.25) is 5.91 Å². The van der Waals surface area contributed by atoms with Gasteiger partial charge >= 0.3 is 0 Å². The fourth-order valence-electron chi connectivity index (χ4n) is 1.74. The Bertz CT molecular complexity index is 473. The molecule has 0 saturated heterocycles. The van der Waals surface area contributed by atoms with E-state index in [0.29, 0.717) is 17.9 Å². The van der Waals surface area contributed by atoms with Crippen molar-refractivity contribution < 1.29 is 9.59 Å². The van der Waals surface area contributed by atoms with Crippen molar-refractivity contribution in [2.45, 2.75) is 24.8 Å². The van der Waals surface area contributed by atoms with Crippen LogP contribution in [0, 0.1) is 0 Å². The van der Waals surface area contributed by atoms with Crippen LogP contribution in [0.2, 0.25) is 0 Å². The molecule has 2 rings (SSSR count). The molecule has 0 bridgehead atoms. The zero-order valence-corrected chi connectivity index (χ0v) is 10.8. The van der Waals surface area contributed by atoms with Crippen LogP contribution in [0.5, 0.6) is 0 Å². The average Bonchev–Trinajstić information content (AvgIpc) is 2.78. The number of amides is 1. The topological polar surface area (TPSA) is 58.5 Å². The van der Waals surface area contributed by atoms with E-state index in [-0.39, 0.29) is 17.2 Å². The minimum Gasteiger partial charge on any atom is -0.351 e. The van der Waals surface area contributed by atoms with Crippen molar-refractivity contribution in [2.75, 3.05) is 0 Å². The second kappa shape index (κ2) is 5.82. The molecule has 4 nitrogen and oxygen atoms in total. The highest BCUT2D eigenvalue weighted by molar-refractivity contribution is 8.16. The molecule has 0 radical (unpaired) electrons. The highest BCUT2D eigenvalue weighted by atomic mass is 32.2. The maximum absolute atomic E-state index is 12.0. The van der Waals surface area contributed by atoms with Gasteiger partial charge in [0, 0.05) is 6.54 Å². The number of nitrogens with one attached hydrogen (secondary N) is 1. The first-order valence-electron chi connectivity index (χ1n) is 5.72. The number of benzene rings is 1. The smallest absolute Gasteiger partial charge is 0.236 e. The van der Waals surface area contributed by atoms with E-state index in [2.05, 4.69) is 10.3 Å². The molecular weight excluding hydrogens is 248 g/mol. The highest BCUT2D eigenvalue weighted by Gasteiger charge is 2.32. The largest absolute Gasteiger partial charge is 0.351 e. The first kappa shape index (κ1) is 12.8. The van der Waals surface area contributed by atoms with Gasteiger partial charge in [-0.25, -0.2) is 0 Å². The number of nitrogens with zero attached hydrogens (tertiary/aromatic N) is 1. The Balaban J connectivity index is 1.88. The Hall–Kier alpha value is -1.62. The van der Waals surface area contributed by atoms with E-state index in [1.165, 1.54) is 11.8 Å². The van der Waals surface area contributed by atoms with Crippen LogP contribution in [-0.4, -0.2) is 28.5 Å². The van der Waals surface area contributed by atoms with Crippen LogP contribution in [0.3, 0.4) is 0 Å². The Morgan fingerprint density at radius 1 is 1.44 bits per heavy atom. The number of thioether (sulfide) groups is 1. The SMILES string of the molecule is CC1N=C(C=O)SC1C(=O)NCc1ccccc1. The van der Waals surface area contributed by atoms with Crippen LogP contribution < -0.4 is 5.32 Å². The van der Waals surface area contributed by atoms with Crippen molar-refractivity contribution in [3.8, 4) is 0 Å². The Morgan fingerprint density at radius 2 is 2.17 bits per heavy atom. The first-order valence-corrected chi connectivity index (χ1v) is 6.60. The van der Waals surface area contributed by atoms with E-state index in [9.17, 15) is 9.59 Å². The molecule has 18 heavy (non-hydrogen) atoms. The fraction of sp³-hybridized carbons (Fsp3) is 0.308. The molecule has 1 aliphatic rings. The Labute approximate surface area is 110 Å². The molecule has 0 aliphatic carbocycles. The summed E-state index contributed by atoms with van der Waals surface area (Å²) in [6.07, 6.45) is 0.700. The van der Waals surface area contributed by atoms with Gasteiger partial charge in [-0.3, -0.25) is 14.6 Å². The van der Waals surface area contributed by atoms with Gasteiger partial charge in [0.25, 0.3) is 0 Å². The van der Waals surface area contributed by atoms with Gasteiger partial charge in [-0.2, -0.15) is 0 Å². The fourth-order valence-corrected chi connectivity index (χ4v) is 2.73. The van der Waals surface area contributed by atoms with E-state index in [1.54, 1.807) is 0 Å². The van der Waals surface area contributed by atoms with Crippen molar-refractivity contribution in [1.82, 2.24) is 5.32 Å². The van der Waals surface area contributed by atoms with Crippen LogP contribution in [0.1, 0.15) is 12.5 Å². The minimum atomic E-state index is -0.297. The molecule has 0 aromatic heterocycles. The molecule has 0 saturated carbocycles. The number of hydrogen-bond acceptors (Lipinski definition) is 4. The van der Waals surface area contributed by atoms with E-state index in [0.717, 1.165) is 5.56 Å². The number of aliphatic imine (C=N–C) groups is 1. The average molecular weight is 262 g/mol. The Morgan fingerprint density at radius 3 is 2.78 bits per heavy atom. The number of aldehydes is 1. The standard InChI is InChI=1S/C13H14N2O2S/c1-9-12(18-11(8-16)15-9)13(17)14-7-10-5-3-2-4-6-10/h2-6,8-9,12H,7H2,1H3,(H,14,17). The summed E-state index contributed by atoms with van der Waals surface area (Å²) in [4.78, 5) is 26.7.